The van der Waals surface area contributed by atoms with Crippen molar-refractivity contribution in [3.63, 3.8) is 0 Å². The average Bonchev–Trinajstić information content (AvgIpc) is 3.14. The summed E-state index contributed by atoms with van der Waals surface area (Å²) in [5, 5.41) is 2.76. The van der Waals surface area contributed by atoms with Crippen LogP contribution in [0.5, 0.6) is 11.5 Å². The Morgan fingerprint density at radius 1 is 1.10 bits per heavy atom. The molecule has 29 heavy (non-hydrogen) atoms. The SMILES string of the molecule is COCCOc1cc(S(=O)(=O)N2Cc3cccc(NC(C)=O)c3C2)ccc1OC. The maximum absolute atomic E-state index is 13.2. The molecule has 0 saturated carbocycles. The largest absolute Gasteiger partial charge is 0.493 e. The van der Waals surface area contributed by atoms with Crippen molar-refractivity contribution in [3.05, 3.63) is 47.5 Å². The van der Waals surface area contributed by atoms with Gasteiger partial charge in [-0.25, -0.2) is 8.42 Å². The molecule has 0 radical (unpaired) electrons. The molecule has 1 aliphatic heterocycles. The molecular formula is C20H24N2O6S. The van der Waals surface area contributed by atoms with Gasteiger partial charge in [0.1, 0.15) is 6.61 Å². The lowest BCUT2D eigenvalue weighted by Gasteiger charge is -2.18. The van der Waals surface area contributed by atoms with Gasteiger partial charge in [-0.05, 0) is 29.3 Å². The first-order valence-corrected chi connectivity index (χ1v) is 10.5. The predicted octanol–water partition coefficient (Wildman–Crippen LogP) is 2.38. The number of benzene rings is 2. The van der Waals surface area contributed by atoms with E-state index in [9.17, 15) is 13.2 Å². The van der Waals surface area contributed by atoms with E-state index in [1.807, 2.05) is 6.07 Å². The Labute approximate surface area is 170 Å². The number of nitrogens with zero attached hydrogens (tertiary/aromatic N) is 1. The summed E-state index contributed by atoms with van der Waals surface area (Å²) < 4.78 is 43.7. The highest BCUT2D eigenvalue weighted by Gasteiger charge is 2.32. The zero-order valence-electron chi connectivity index (χ0n) is 16.6. The summed E-state index contributed by atoms with van der Waals surface area (Å²) in [6, 6.07) is 9.96. The highest BCUT2D eigenvalue weighted by molar-refractivity contribution is 7.89. The molecule has 8 nitrogen and oxygen atoms in total. The van der Waals surface area contributed by atoms with Crippen molar-refractivity contribution in [1.82, 2.24) is 4.31 Å². The van der Waals surface area contributed by atoms with E-state index in [1.165, 1.54) is 30.5 Å². The van der Waals surface area contributed by atoms with Crippen molar-refractivity contribution < 1.29 is 27.4 Å². The minimum atomic E-state index is -3.78. The fourth-order valence-electron chi connectivity index (χ4n) is 3.18. The smallest absolute Gasteiger partial charge is 0.243 e. The van der Waals surface area contributed by atoms with Crippen molar-refractivity contribution in [3.8, 4) is 11.5 Å². The van der Waals surface area contributed by atoms with Gasteiger partial charge < -0.3 is 19.5 Å². The van der Waals surface area contributed by atoms with E-state index in [-0.39, 0.29) is 30.5 Å². The second kappa shape index (κ2) is 8.81. The van der Waals surface area contributed by atoms with Gasteiger partial charge in [0.05, 0.1) is 18.6 Å². The Morgan fingerprint density at radius 2 is 1.90 bits per heavy atom. The van der Waals surface area contributed by atoms with Gasteiger partial charge in [0, 0.05) is 38.9 Å². The molecule has 0 spiro atoms. The Balaban J connectivity index is 1.88. The van der Waals surface area contributed by atoms with Gasteiger partial charge >= 0.3 is 0 Å². The highest BCUT2D eigenvalue weighted by Crippen LogP contribution is 2.36. The van der Waals surface area contributed by atoms with Crippen LogP contribution in [-0.4, -0.2) is 46.1 Å². The minimum absolute atomic E-state index is 0.111. The van der Waals surface area contributed by atoms with Crippen molar-refractivity contribution in [2.24, 2.45) is 0 Å². The number of ether oxygens (including phenoxy) is 3. The topological polar surface area (TPSA) is 94.2 Å². The van der Waals surface area contributed by atoms with Crippen LogP contribution in [0, 0.1) is 0 Å². The lowest BCUT2D eigenvalue weighted by molar-refractivity contribution is -0.114. The number of methoxy groups -OCH3 is 2. The van der Waals surface area contributed by atoms with Gasteiger partial charge in [-0.15, -0.1) is 0 Å². The van der Waals surface area contributed by atoms with E-state index >= 15 is 0 Å². The Kier molecular flexibility index (Phi) is 6.41. The summed E-state index contributed by atoms with van der Waals surface area (Å²) in [5.74, 6) is 0.576. The molecule has 0 unspecified atom stereocenters. The van der Waals surface area contributed by atoms with E-state index < -0.39 is 10.0 Å². The van der Waals surface area contributed by atoms with Crippen molar-refractivity contribution >= 4 is 21.6 Å². The molecule has 0 bridgehead atoms. The molecule has 156 valence electrons. The van der Waals surface area contributed by atoms with Gasteiger partial charge in [0.15, 0.2) is 11.5 Å². The predicted molar refractivity (Wildman–Crippen MR) is 108 cm³/mol. The number of sulfonamides is 1. The first-order chi connectivity index (χ1) is 13.9. The number of carbonyl (C=O) groups is 1. The van der Waals surface area contributed by atoms with Gasteiger partial charge in [0.25, 0.3) is 0 Å². The Morgan fingerprint density at radius 3 is 2.59 bits per heavy atom. The summed E-state index contributed by atoms with van der Waals surface area (Å²) >= 11 is 0. The molecule has 9 heteroatoms. The van der Waals surface area contributed by atoms with Gasteiger partial charge in [0.2, 0.25) is 15.9 Å². The van der Waals surface area contributed by atoms with E-state index in [2.05, 4.69) is 5.32 Å². The first kappa shape index (κ1) is 21.1. The third-order valence-corrected chi connectivity index (χ3v) is 6.37. The Bertz CT molecular complexity index is 1010. The average molecular weight is 420 g/mol. The normalized spacial score (nSPS) is 13.8. The van der Waals surface area contributed by atoms with Gasteiger partial charge in [-0.2, -0.15) is 4.31 Å². The van der Waals surface area contributed by atoms with Crippen LogP contribution in [0.4, 0.5) is 5.69 Å². The zero-order valence-corrected chi connectivity index (χ0v) is 17.4. The summed E-state index contributed by atoms with van der Waals surface area (Å²) in [5.41, 5.74) is 2.30. The molecular weight excluding hydrogens is 396 g/mol. The third-order valence-electron chi connectivity index (χ3n) is 4.58. The van der Waals surface area contributed by atoms with Crippen LogP contribution in [0.1, 0.15) is 18.1 Å². The van der Waals surface area contributed by atoms with Crippen LogP contribution in [0.3, 0.4) is 0 Å². The maximum Gasteiger partial charge on any atom is 0.243 e. The van der Waals surface area contributed by atoms with Crippen LogP contribution in [0.15, 0.2) is 41.3 Å². The number of nitrogens with one attached hydrogen (secondary N) is 1. The fourth-order valence-corrected chi connectivity index (χ4v) is 4.59. The number of amides is 1. The van der Waals surface area contributed by atoms with Crippen molar-refractivity contribution in [2.45, 2.75) is 24.9 Å². The first-order valence-electron chi connectivity index (χ1n) is 9.05. The van der Waals surface area contributed by atoms with Gasteiger partial charge in [-0.3, -0.25) is 4.79 Å². The molecule has 1 N–H and O–H groups in total. The molecule has 0 aromatic heterocycles. The van der Waals surface area contributed by atoms with Crippen molar-refractivity contribution in [1.29, 1.82) is 0 Å². The summed E-state index contributed by atoms with van der Waals surface area (Å²) in [4.78, 5) is 11.6. The fraction of sp³-hybridized carbons (Fsp3) is 0.350. The second-order valence-corrected chi connectivity index (χ2v) is 8.49. The number of hydrogen-bond donors (Lipinski definition) is 1. The zero-order chi connectivity index (χ0) is 21.0. The molecule has 1 heterocycles. The molecule has 0 atom stereocenters. The van der Waals surface area contributed by atoms with Crippen molar-refractivity contribution in [2.75, 3.05) is 32.8 Å². The molecule has 2 aromatic carbocycles. The van der Waals surface area contributed by atoms with Crippen LogP contribution >= 0.6 is 0 Å². The van der Waals surface area contributed by atoms with Crippen LogP contribution in [-0.2, 0) is 32.6 Å². The van der Waals surface area contributed by atoms with E-state index in [4.69, 9.17) is 14.2 Å². The third kappa shape index (κ3) is 4.52. The summed E-state index contributed by atoms with van der Waals surface area (Å²) in [6.07, 6.45) is 0. The van der Waals surface area contributed by atoms with Crippen LogP contribution in [0.25, 0.3) is 0 Å². The van der Waals surface area contributed by atoms with E-state index in [1.54, 1.807) is 25.3 Å². The highest BCUT2D eigenvalue weighted by atomic mass is 32.2. The molecule has 3 rings (SSSR count). The monoisotopic (exact) mass is 420 g/mol. The maximum atomic E-state index is 13.2. The molecule has 1 amide bonds. The molecule has 0 fully saturated rings. The quantitative estimate of drug-likeness (QED) is 0.659. The van der Waals surface area contributed by atoms with Gasteiger partial charge in [-0.1, -0.05) is 12.1 Å². The molecule has 2 aromatic rings. The number of anilines is 1. The summed E-state index contributed by atoms with van der Waals surface area (Å²) in [6.45, 7) is 2.47. The molecule has 1 aliphatic rings. The minimum Gasteiger partial charge on any atom is -0.493 e. The molecule has 0 aliphatic carbocycles. The Hall–Kier alpha value is -2.62. The lowest BCUT2D eigenvalue weighted by Crippen LogP contribution is -2.25. The summed E-state index contributed by atoms with van der Waals surface area (Å²) in [7, 11) is -0.725. The standard InChI is InChI=1S/C20H24N2O6S/c1-14(23)21-18-6-4-5-15-12-22(13-17(15)18)29(24,25)16-7-8-19(27-3)20(11-16)28-10-9-26-2/h4-8,11H,9-10,12-13H2,1-3H3,(H,21,23). The second-order valence-electron chi connectivity index (χ2n) is 6.55. The van der Waals surface area contributed by atoms with Crippen LogP contribution < -0.4 is 14.8 Å². The number of fused-ring (bicyclic) bond motifs is 1. The van der Waals surface area contributed by atoms with E-state index in [0.29, 0.717) is 23.8 Å². The van der Waals surface area contributed by atoms with Crippen LogP contribution in [0.2, 0.25) is 0 Å². The number of hydrogen-bond acceptors (Lipinski definition) is 6. The van der Waals surface area contributed by atoms with E-state index in [0.717, 1.165) is 11.1 Å². The lowest BCUT2D eigenvalue weighted by atomic mass is 10.1. The number of rotatable bonds is 8. The number of carbonyl (C=O) groups excluding carboxylic acids is 1. The molecule has 0 saturated heterocycles.